The van der Waals surface area contributed by atoms with Crippen LogP contribution in [0.2, 0.25) is 0 Å². The van der Waals surface area contributed by atoms with Gasteiger partial charge in [0, 0.05) is 11.8 Å². The van der Waals surface area contributed by atoms with E-state index >= 15 is 0 Å². The molecule has 0 spiro atoms. The summed E-state index contributed by atoms with van der Waals surface area (Å²) in [5.74, 6) is -1.21. The zero-order valence-electron chi connectivity index (χ0n) is 13.7. The van der Waals surface area contributed by atoms with Crippen LogP contribution in [0.25, 0.3) is 5.65 Å². The van der Waals surface area contributed by atoms with Gasteiger partial charge in [-0.3, -0.25) is 19.5 Å². The molecule has 0 atom stereocenters. The van der Waals surface area contributed by atoms with Crippen molar-refractivity contribution in [3.8, 4) is 0 Å². The number of carboxylic acid groups (broad SMARTS) is 1. The van der Waals surface area contributed by atoms with E-state index in [0.29, 0.717) is 5.92 Å². The van der Waals surface area contributed by atoms with E-state index in [1.165, 1.54) is 38.1 Å². The van der Waals surface area contributed by atoms with Gasteiger partial charge in [0.25, 0.3) is 5.91 Å². The number of aliphatic carboxylic acids is 1. The van der Waals surface area contributed by atoms with E-state index in [1.54, 1.807) is 4.52 Å². The molecule has 8 nitrogen and oxygen atoms in total. The van der Waals surface area contributed by atoms with Gasteiger partial charge in [0.05, 0.1) is 0 Å². The minimum atomic E-state index is -1.17. The number of nitrogens with one attached hydrogen (secondary N) is 2. The van der Waals surface area contributed by atoms with Crippen LogP contribution in [0.4, 0.5) is 0 Å². The van der Waals surface area contributed by atoms with Crippen LogP contribution in [-0.4, -0.2) is 38.1 Å². The number of amides is 1. The number of pyridine rings is 1. The first-order valence-corrected chi connectivity index (χ1v) is 8.14. The zero-order chi connectivity index (χ0) is 17.1. The van der Waals surface area contributed by atoms with Crippen LogP contribution in [0.1, 0.15) is 48.2 Å². The van der Waals surface area contributed by atoms with E-state index in [4.69, 9.17) is 5.11 Å². The topological polar surface area (TPSA) is 117 Å². The number of aryl methyl sites for hydroxylation is 1. The Bertz CT molecular complexity index is 823. The van der Waals surface area contributed by atoms with Crippen LogP contribution >= 0.6 is 12.4 Å². The summed E-state index contributed by atoms with van der Waals surface area (Å²) in [5, 5.41) is 13.8. The fourth-order valence-electron chi connectivity index (χ4n) is 3.35. The van der Waals surface area contributed by atoms with Gasteiger partial charge in [-0.25, -0.2) is 9.50 Å². The molecule has 1 saturated carbocycles. The first-order valence-electron chi connectivity index (χ1n) is 8.14. The van der Waals surface area contributed by atoms with Crippen molar-refractivity contribution in [2.45, 2.75) is 38.5 Å². The number of fused-ring (bicyclic) bond motifs is 1. The Morgan fingerprint density at radius 1 is 1.36 bits per heavy atom. The maximum atomic E-state index is 12.4. The molecule has 2 aromatic heterocycles. The van der Waals surface area contributed by atoms with Crippen LogP contribution in [0, 0.1) is 5.92 Å². The Labute approximate surface area is 150 Å². The highest BCUT2D eigenvalue weighted by atomic mass is 35.5. The highest BCUT2D eigenvalue weighted by molar-refractivity contribution is 6.00. The second kappa shape index (κ2) is 8.15. The number of carbonyl (C=O) groups is 2. The average molecular weight is 369 g/mol. The summed E-state index contributed by atoms with van der Waals surface area (Å²) in [6.07, 6.45) is 8.17. The Morgan fingerprint density at radius 2 is 2.08 bits per heavy atom. The fourth-order valence-corrected chi connectivity index (χ4v) is 3.35. The number of aromatic amines is 1. The molecule has 2 heterocycles. The van der Waals surface area contributed by atoms with Gasteiger partial charge in [-0.1, -0.05) is 25.7 Å². The quantitative estimate of drug-likeness (QED) is 0.712. The number of H-pyrrole nitrogens is 1. The fraction of sp³-hybridized carbons (Fsp3) is 0.500. The predicted octanol–water partition coefficient (Wildman–Crippen LogP) is 1.38. The maximum absolute atomic E-state index is 12.4. The second-order valence-corrected chi connectivity index (χ2v) is 6.19. The van der Waals surface area contributed by atoms with E-state index in [0.717, 1.165) is 18.5 Å². The van der Waals surface area contributed by atoms with Gasteiger partial charge in [-0.15, -0.1) is 12.4 Å². The number of halogens is 1. The smallest absolute Gasteiger partial charge is 0.322 e. The number of aromatic nitrogens is 3. The minimum Gasteiger partial charge on any atom is -0.480 e. The van der Waals surface area contributed by atoms with Gasteiger partial charge in [-0.2, -0.15) is 0 Å². The standard InChI is InChI=1S/C16H20N4O4.ClH/c21-12-7-11(6-5-10-3-1-2-4-10)20-15(18-9-19-20)14(12)16(24)17-8-13(22)23;/h7,9-10H,1-6,8H2,(H,17,24)(H,18,19)(H,22,23);1H. The molecule has 1 fully saturated rings. The van der Waals surface area contributed by atoms with Crippen molar-refractivity contribution < 1.29 is 14.7 Å². The molecular weight excluding hydrogens is 348 g/mol. The van der Waals surface area contributed by atoms with Crippen LogP contribution in [0.15, 0.2) is 17.2 Å². The minimum absolute atomic E-state index is 0. The Balaban J connectivity index is 0.00000225. The van der Waals surface area contributed by atoms with E-state index in [2.05, 4.69) is 15.4 Å². The summed E-state index contributed by atoms with van der Waals surface area (Å²) in [6, 6.07) is 1.44. The van der Waals surface area contributed by atoms with Crippen molar-refractivity contribution in [1.82, 2.24) is 19.9 Å². The second-order valence-electron chi connectivity index (χ2n) is 6.19. The molecule has 1 amide bonds. The van der Waals surface area contributed by atoms with Crippen molar-refractivity contribution in [1.29, 1.82) is 0 Å². The number of carbonyl (C=O) groups excluding carboxylic acids is 1. The summed E-state index contributed by atoms with van der Waals surface area (Å²) < 4.78 is 1.63. The van der Waals surface area contributed by atoms with Gasteiger partial charge in [-0.05, 0) is 18.8 Å². The molecule has 9 heteroatoms. The lowest BCUT2D eigenvalue weighted by molar-refractivity contribution is -0.135. The lowest BCUT2D eigenvalue weighted by Gasteiger charge is -2.11. The molecule has 0 radical (unpaired) electrons. The SMILES string of the molecule is Cl.O=C(O)CNC(=O)c1c(=O)cc(CCC2CCCC2)n2[nH]cnc12. The van der Waals surface area contributed by atoms with Gasteiger partial charge in [0.15, 0.2) is 11.1 Å². The first kappa shape index (κ1) is 19.0. The third-order valence-electron chi connectivity index (χ3n) is 4.55. The Morgan fingerprint density at radius 3 is 2.76 bits per heavy atom. The summed E-state index contributed by atoms with van der Waals surface area (Å²) in [5.41, 5.74) is 0.439. The summed E-state index contributed by atoms with van der Waals surface area (Å²) in [6.45, 7) is -0.543. The molecule has 3 N–H and O–H groups in total. The molecule has 0 bridgehead atoms. The van der Waals surface area contributed by atoms with Crippen molar-refractivity contribution in [2.75, 3.05) is 6.54 Å². The molecule has 0 unspecified atom stereocenters. The third-order valence-corrected chi connectivity index (χ3v) is 4.55. The van der Waals surface area contributed by atoms with Gasteiger partial charge in [0.1, 0.15) is 18.4 Å². The van der Waals surface area contributed by atoms with E-state index < -0.39 is 23.9 Å². The molecule has 0 saturated heterocycles. The van der Waals surface area contributed by atoms with E-state index in [1.807, 2.05) is 0 Å². The van der Waals surface area contributed by atoms with E-state index in [-0.39, 0.29) is 23.6 Å². The van der Waals surface area contributed by atoms with Crippen LogP contribution in [0.3, 0.4) is 0 Å². The van der Waals surface area contributed by atoms with Crippen LogP contribution in [-0.2, 0) is 11.2 Å². The highest BCUT2D eigenvalue weighted by Gasteiger charge is 2.20. The molecule has 1 aliphatic carbocycles. The van der Waals surface area contributed by atoms with Gasteiger partial charge >= 0.3 is 5.97 Å². The van der Waals surface area contributed by atoms with Crippen molar-refractivity contribution in [3.05, 3.63) is 33.9 Å². The number of carboxylic acids is 1. The molecule has 136 valence electrons. The molecule has 25 heavy (non-hydrogen) atoms. The summed E-state index contributed by atoms with van der Waals surface area (Å²) >= 11 is 0. The van der Waals surface area contributed by atoms with Gasteiger partial charge in [0.2, 0.25) is 0 Å². The molecule has 0 aliphatic heterocycles. The maximum Gasteiger partial charge on any atom is 0.322 e. The lowest BCUT2D eigenvalue weighted by atomic mass is 10.00. The van der Waals surface area contributed by atoms with Crippen molar-refractivity contribution in [2.24, 2.45) is 5.92 Å². The van der Waals surface area contributed by atoms with Crippen molar-refractivity contribution in [3.63, 3.8) is 0 Å². The molecule has 1 aliphatic rings. The molecule has 3 rings (SSSR count). The molecule has 2 aromatic rings. The number of hydrogen-bond donors (Lipinski definition) is 3. The third kappa shape index (κ3) is 4.19. The predicted molar refractivity (Wildman–Crippen MR) is 93.3 cm³/mol. The monoisotopic (exact) mass is 368 g/mol. The van der Waals surface area contributed by atoms with Gasteiger partial charge < -0.3 is 10.4 Å². The van der Waals surface area contributed by atoms with Crippen LogP contribution in [0.5, 0.6) is 0 Å². The normalized spacial score (nSPS) is 14.4. The Kier molecular flexibility index (Phi) is 6.19. The average Bonchev–Trinajstić information content (AvgIpc) is 3.21. The summed E-state index contributed by atoms with van der Waals surface area (Å²) in [7, 11) is 0. The number of hydrogen-bond acceptors (Lipinski definition) is 4. The zero-order valence-corrected chi connectivity index (χ0v) is 14.5. The largest absolute Gasteiger partial charge is 0.480 e. The van der Waals surface area contributed by atoms with E-state index in [9.17, 15) is 14.4 Å². The molecule has 0 aromatic carbocycles. The highest BCUT2D eigenvalue weighted by Crippen LogP contribution is 2.28. The number of nitrogens with zero attached hydrogens (tertiary/aromatic N) is 2. The first-order chi connectivity index (χ1) is 11.6. The lowest BCUT2D eigenvalue weighted by Crippen LogP contribution is -2.33. The van der Waals surface area contributed by atoms with Crippen LogP contribution < -0.4 is 10.7 Å². The number of rotatable bonds is 6. The Hall–Kier alpha value is -2.35. The van der Waals surface area contributed by atoms with Crippen molar-refractivity contribution >= 4 is 29.9 Å². The summed E-state index contributed by atoms with van der Waals surface area (Å²) in [4.78, 5) is 39.1. The molecular formula is C16H21ClN4O4.